The van der Waals surface area contributed by atoms with Gasteiger partial charge in [-0.25, -0.2) is 16.8 Å². The van der Waals surface area contributed by atoms with Crippen LogP contribution in [0.5, 0.6) is 5.75 Å². The number of para-hydroxylation sites is 1. The Balaban J connectivity index is 0.00000385. The highest BCUT2D eigenvalue weighted by molar-refractivity contribution is 7.91. The number of sulfone groups is 2. The zero-order valence-corrected chi connectivity index (χ0v) is 21.1. The van der Waals surface area contributed by atoms with E-state index in [4.69, 9.17) is 4.74 Å². The first-order chi connectivity index (χ1) is 15.0. The van der Waals surface area contributed by atoms with Crippen LogP contribution in [0.2, 0.25) is 0 Å². The Bertz CT molecular complexity index is 1120. The lowest BCUT2D eigenvalue weighted by molar-refractivity contribution is 0.0760. The van der Waals surface area contributed by atoms with Crippen LogP contribution in [-0.4, -0.2) is 84.4 Å². The molecular weight excluding hydrogens is 488 g/mol. The van der Waals surface area contributed by atoms with Gasteiger partial charge < -0.3 is 9.64 Å². The van der Waals surface area contributed by atoms with E-state index in [1.807, 2.05) is 30.3 Å². The number of carbonyl (C=O) groups is 1. The number of nitrogens with zero attached hydrogens (tertiary/aromatic N) is 2. The number of halogens is 1. The molecule has 11 heteroatoms. The van der Waals surface area contributed by atoms with E-state index in [1.54, 1.807) is 4.90 Å². The first-order valence-corrected chi connectivity index (χ1v) is 14.1. The molecule has 0 aliphatic carbocycles. The fourth-order valence-corrected chi connectivity index (χ4v) is 4.95. The molecule has 182 valence electrons. The smallest absolute Gasteiger partial charge is 0.253 e. The number of ether oxygens (including phenoxy) is 1. The number of rotatable bonds is 7. The van der Waals surface area contributed by atoms with Crippen LogP contribution < -0.4 is 4.74 Å². The average molecular weight is 517 g/mol. The molecular formula is C22H29ClN2O6S2. The minimum Gasteiger partial charge on any atom is -0.492 e. The number of hydrogen-bond acceptors (Lipinski definition) is 7. The maximum atomic E-state index is 13.1. The Kier molecular flexibility index (Phi) is 9.30. The molecule has 0 saturated carbocycles. The van der Waals surface area contributed by atoms with Crippen LogP contribution in [0, 0.1) is 0 Å². The van der Waals surface area contributed by atoms with Crippen molar-refractivity contribution in [3.63, 3.8) is 0 Å². The quantitative estimate of drug-likeness (QED) is 0.555. The number of carbonyl (C=O) groups excluding carboxylic acids is 1. The molecule has 1 heterocycles. The van der Waals surface area contributed by atoms with E-state index >= 15 is 0 Å². The van der Waals surface area contributed by atoms with Crippen molar-refractivity contribution < 1.29 is 26.4 Å². The van der Waals surface area contributed by atoms with Crippen LogP contribution >= 0.6 is 12.4 Å². The van der Waals surface area contributed by atoms with E-state index in [1.165, 1.54) is 12.1 Å². The molecule has 0 spiro atoms. The first kappa shape index (κ1) is 27.1. The third-order valence-corrected chi connectivity index (χ3v) is 7.46. The summed E-state index contributed by atoms with van der Waals surface area (Å²) in [5.74, 6) is 0.439. The van der Waals surface area contributed by atoms with Gasteiger partial charge in [-0.3, -0.25) is 9.69 Å². The largest absolute Gasteiger partial charge is 0.492 e. The van der Waals surface area contributed by atoms with E-state index in [-0.39, 0.29) is 33.7 Å². The Morgan fingerprint density at radius 1 is 0.879 bits per heavy atom. The van der Waals surface area contributed by atoms with Gasteiger partial charge in [-0.2, -0.15) is 0 Å². The van der Waals surface area contributed by atoms with E-state index in [0.717, 1.165) is 43.8 Å². The number of amides is 1. The molecule has 0 bridgehead atoms. The van der Waals surface area contributed by atoms with Crippen molar-refractivity contribution >= 4 is 38.0 Å². The number of hydrogen-bond donors (Lipinski definition) is 0. The Morgan fingerprint density at radius 3 is 2.06 bits per heavy atom. The van der Waals surface area contributed by atoms with Crippen molar-refractivity contribution in [2.45, 2.75) is 16.2 Å². The molecule has 0 unspecified atom stereocenters. The molecule has 33 heavy (non-hydrogen) atoms. The van der Waals surface area contributed by atoms with Crippen molar-refractivity contribution in [1.82, 2.24) is 9.80 Å². The molecule has 8 nitrogen and oxygen atoms in total. The molecule has 0 N–H and O–H groups in total. The number of benzene rings is 2. The molecule has 2 aromatic carbocycles. The molecule has 2 aromatic rings. The van der Waals surface area contributed by atoms with Crippen molar-refractivity contribution in [2.24, 2.45) is 0 Å². The summed E-state index contributed by atoms with van der Waals surface area (Å²) in [6.07, 6.45) is 2.73. The summed E-state index contributed by atoms with van der Waals surface area (Å²) >= 11 is 0. The van der Waals surface area contributed by atoms with Crippen LogP contribution in [0.25, 0.3) is 0 Å². The summed E-state index contributed by atoms with van der Waals surface area (Å²) in [6.45, 7) is 3.67. The second-order valence-corrected chi connectivity index (χ2v) is 11.9. The molecule has 0 atom stereocenters. The van der Waals surface area contributed by atoms with Gasteiger partial charge in [-0.15, -0.1) is 12.4 Å². The van der Waals surface area contributed by atoms with Gasteiger partial charge in [0.2, 0.25) is 0 Å². The summed E-state index contributed by atoms with van der Waals surface area (Å²) in [6, 6.07) is 13.2. The van der Waals surface area contributed by atoms with E-state index in [2.05, 4.69) is 4.90 Å². The Morgan fingerprint density at radius 2 is 1.48 bits per heavy atom. The molecule has 3 rings (SSSR count). The minimum absolute atomic E-state index is 0. The average Bonchev–Trinajstić information content (AvgIpc) is 2.98. The van der Waals surface area contributed by atoms with Crippen LogP contribution in [-0.2, 0) is 19.7 Å². The second-order valence-electron chi connectivity index (χ2n) is 7.89. The maximum absolute atomic E-state index is 13.1. The highest BCUT2D eigenvalue weighted by atomic mass is 35.5. The zero-order chi connectivity index (χ0) is 23.4. The zero-order valence-electron chi connectivity index (χ0n) is 18.6. The van der Waals surface area contributed by atoms with Gasteiger partial charge in [0.25, 0.3) is 5.91 Å². The monoisotopic (exact) mass is 516 g/mol. The standard InChI is InChI=1S/C22H28N2O6S2.ClH/c1-31(26,27)20-15-18(16-21(17-20)32(2,28)29)22(25)24-10-6-9-23(11-12-24)13-14-30-19-7-4-3-5-8-19;/h3-5,7-8,15-17H,6,9-14H2,1-2H3;1H. The Labute approximate surface area is 201 Å². The Hall–Kier alpha value is -2.14. The van der Waals surface area contributed by atoms with E-state index < -0.39 is 19.7 Å². The highest BCUT2D eigenvalue weighted by Gasteiger charge is 2.24. The van der Waals surface area contributed by atoms with Crippen LogP contribution in [0.4, 0.5) is 0 Å². The summed E-state index contributed by atoms with van der Waals surface area (Å²) < 4.78 is 53.9. The van der Waals surface area contributed by atoms with Crippen molar-refractivity contribution in [3.05, 3.63) is 54.1 Å². The van der Waals surface area contributed by atoms with Crippen LogP contribution in [0.1, 0.15) is 16.8 Å². The van der Waals surface area contributed by atoms with Gasteiger partial charge in [0.05, 0.1) is 9.79 Å². The van der Waals surface area contributed by atoms with Gasteiger partial charge in [0.15, 0.2) is 19.7 Å². The van der Waals surface area contributed by atoms with Gasteiger partial charge in [-0.1, -0.05) is 18.2 Å². The third kappa shape index (κ3) is 7.70. The predicted molar refractivity (Wildman–Crippen MR) is 129 cm³/mol. The lowest BCUT2D eigenvalue weighted by atomic mass is 10.2. The third-order valence-electron chi connectivity index (χ3n) is 5.28. The minimum atomic E-state index is -3.68. The summed E-state index contributed by atoms with van der Waals surface area (Å²) in [4.78, 5) is 16.6. The summed E-state index contributed by atoms with van der Waals surface area (Å²) in [5, 5.41) is 0. The molecule has 0 aromatic heterocycles. The van der Waals surface area contributed by atoms with Gasteiger partial charge >= 0.3 is 0 Å². The normalized spacial score (nSPS) is 15.4. The van der Waals surface area contributed by atoms with Gasteiger partial charge in [0, 0.05) is 50.8 Å². The highest BCUT2D eigenvalue weighted by Crippen LogP contribution is 2.21. The lowest BCUT2D eigenvalue weighted by Crippen LogP contribution is -2.36. The molecule has 1 fully saturated rings. The fourth-order valence-electron chi connectivity index (χ4n) is 3.51. The van der Waals surface area contributed by atoms with Crippen molar-refractivity contribution in [2.75, 3.05) is 51.8 Å². The van der Waals surface area contributed by atoms with Gasteiger partial charge in [0.1, 0.15) is 12.4 Å². The fraction of sp³-hybridized carbons (Fsp3) is 0.409. The SMILES string of the molecule is CS(=O)(=O)c1cc(C(=O)N2CCCN(CCOc3ccccc3)CC2)cc(S(C)(=O)=O)c1.Cl. The summed E-state index contributed by atoms with van der Waals surface area (Å²) in [7, 11) is -7.36. The van der Waals surface area contributed by atoms with Gasteiger partial charge in [-0.05, 0) is 36.8 Å². The topological polar surface area (TPSA) is 101 Å². The molecule has 1 amide bonds. The second kappa shape index (κ2) is 11.3. The first-order valence-electron chi connectivity index (χ1n) is 10.3. The predicted octanol–water partition coefficient (Wildman–Crippen LogP) is 2.14. The lowest BCUT2D eigenvalue weighted by Gasteiger charge is -2.22. The summed E-state index contributed by atoms with van der Waals surface area (Å²) in [5.41, 5.74) is 0.0641. The van der Waals surface area contributed by atoms with E-state index in [9.17, 15) is 21.6 Å². The molecule has 0 radical (unpaired) electrons. The van der Waals surface area contributed by atoms with Crippen LogP contribution in [0.3, 0.4) is 0 Å². The van der Waals surface area contributed by atoms with Crippen LogP contribution in [0.15, 0.2) is 58.3 Å². The van der Waals surface area contributed by atoms with Crippen molar-refractivity contribution in [3.8, 4) is 5.75 Å². The molecule has 1 aliphatic heterocycles. The maximum Gasteiger partial charge on any atom is 0.253 e. The van der Waals surface area contributed by atoms with Crippen molar-refractivity contribution in [1.29, 1.82) is 0 Å². The molecule has 1 saturated heterocycles. The molecule has 1 aliphatic rings. The van der Waals surface area contributed by atoms with E-state index in [0.29, 0.717) is 26.2 Å².